The Morgan fingerprint density at radius 2 is 0.864 bits per heavy atom. The Morgan fingerprint density at radius 1 is 0.591 bits per heavy atom. The Labute approximate surface area is 134 Å². The molecule has 3 aromatic carbocycles. The van der Waals surface area contributed by atoms with Crippen molar-refractivity contribution in [2.24, 2.45) is 0 Å². The van der Waals surface area contributed by atoms with Gasteiger partial charge in [0, 0.05) is 0 Å². The van der Waals surface area contributed by atoms with Gasteiger partial charge in [0.2, 0.25) is 0 Å². The van der Waals surface area contributed by atoms with E-state index in [0.29, 0.717) is 0 Å². The molecule has 0 saturated carbocycles. The van der Waals surface area contributed by atoms with Gasteiger partial charge in [0.05, 0.1) is 0 Å². The molecule has 0 fully saturated rings. The van der Waals surface area contributed by atoms with Crippen LogP contribution < -0.4 is 15.9 Å². The summed E-state index contributed by atoms with van der Waals surface area (Å²) >= 11 is 0. The number of hydrogen-bond acceptors (Lipinski definition) is 0. The Morgan fingerprint density at radius 3 is 1.09 bits per heavy atom. The molecule has 0 aliphatic carbocycles. The molecule has 0 heterocycles. The van der Waals surface area contributed by atoms with Gasteiger partial charge < -0.3 is 0 Å². The molecule has 0 aromatic heterocycles. The van der Waals surface area contributed by atoms with Crippen LogP contribution in [-0.2, 0) is 0 Å². The van der Waals surface area contributed by atoms with Gasteiger partial charge in [-0.05, 0) is 0 Å². The van der Waals surface area contributed by atoms with Crippen LogP contribution in [0.5, 0.6) is 0 Å². The first-order valence-corrected chi connectivity index (χ1v) is 10.7. The Kier molecular flexibility index (Phi) is 3.93. The van der Waals surface area contributed by atoms with Gasteiger partial charge in [0.25, 0.3) is 0 Å². The third-order valence-electron chi connectivity index (χ3n) is 5.16. The zero-order chi connectivity index (χ0) is 15.5. The Bertz CT molecular complexity index is 639. The molecule has 3 rings (SSSR count). The van der Waals surface area contributed by atoms with Gasteiger partial charge in [-0.25, -0.2) is 0 Å². The second-order valence-electron chi connectivity index (χ2n) is 6.12. The van der Waals surface area contributed by atoms with Crippen LogP contribution >= 0.6 is 6.48 Å². The summed E-state index contributed by atoms with van der Waals surface area (Å²) in [6.07, 6.45) is 1.13. The minimum atomic E-state index is -2.40. The van der Waals surface area contributed by atoms with E-state index in [1.165, 1.54) is 15.9 Å². The van der Waals surface area contributed by atoms with E-state index in [2.05, 4.69) is 105 Å². The van der Waals surface area contributed by atoms with E-state index < -0.39 is 6.48 Å². The van der Waals surface area contributed by atoms with Gasteiger partial charge in [0.15, 0.2) is 0 Å². The summed E-state index contributed by atoms with van der Waals surface area (Å²) in [6.45, 7) is -0.0622. The van der Waals surface area contributed by atoms with E-state index >= 15 is 0 Å². The van der Waals surface area contributed by atoms with Crippen LogP contribution in [0.1, 0.15) is 6.92 Å². The van der Waals surface area contributed by atoms with E-state index in [1.807, 2.05) is 0 Å². The fourth-order valence-corrected chi connectivity index (χ4v) is 8.42. The summed E-state index contributed by atoms with van der Waals surface area (Å²) in [5.74, 6) is 0. The minimum absolute atomic E-state index is 1.13. The predicted molar refractivity (Wildman–Crippen MR) is 104 cm³/mol. The van der Waals surface area contributed by atoms with E-state index in [9.17, 15) is 0 Å². The van der Waals surface area contributed by atoms with Crippen molar-refractivity contribution in [3.8, 4) is 0 Å². The molecule has 0 saturated heterocycles. The third-order valence-corrected chi connectivity index (χ3v) is 11.8. The van der Waals surface area contributed by atoms with Gasteiger partial charge in [-0.3, -0.25) is 0 Å². The number of hydrogen-bond donors (Lipinski definition) is 0. The summed E-state index contributed by atoms with van der Waals surface area (Å²) in [5, 5.41) is 4.40. The second kappa shape index (κ2) is 5.74. The van der Waals surface area contributed by atoms with Crippen LogP contribution in [0.25, 0.3) is 0 Å². The van der Waals surface area contributed by atoms with Crippen molar-refractivity contribution >= 4 is 30.0 Å². The van der Waals surface area contributed by atoms with Gasteiger partial charge in [-0.15, -0.1) is 0 Å². The predicted octanol–water partition coefficient (Wildman–Crippen LogP) is 3.08. The number of rotatable bonds is 4. The Balaban J connectivity index is 2.41. The van der Waals surface area contributed by atoms with Crippen molar-refractivity contribution in [1.82, 2.24) is 0 Å². The second-order valence-corrected chi connectivity index (χ2v) is 11.9. The van der Waals surface area contributed by atoms with Crippen LogP contribution in [0.2, 0.25) is 0 Å². The molecule has 0 radical (unpaired) electrons. The Hall–Kier alpha value is -1.85. The van der Waals surface area contributed by atoms with E-state index in [-0.39, 0.29) is 0 Å². The van der Waals surface area contributed by atoms with Crippen molar-refractivity contribution in [1.29, 1.82) is 0 Å². The normalized spacial score (nSPS) is 13.2. The van der Waals surface area contributed by atoms with Gasteiger partial charge in [-0.2, -0.15) is 0 Å². The molecule has 0 atom stereocenters. The average molecular weight is 304 g/mol. The van der Waals surface area contributed by atoms with Crippen molar-refractivity contribution in [3.63, 3.8) is 0 Å². The molecule has 0 aliphatic heterocycles. The molecule has 22 heavy (non-hydrogen) atoms. The van der Waals surface area contributed by atoms with Crippen molar-refractivity contribution in [2.45, 2.75) is 6.92 Å². The molecule has 0 amide bonds. The summed E-state index contributed by atoms with van der Waals surface area (Å²) in [4.78, 5) is 0. The summed E-state index contributed by atoms with van der Waals surface area (Å²) in [5.41, 5.74) is 0. The molecule has 2 heteroatoms. The molecule has 0 bridgehead atoms. The molecular weight excluding hydrogens is 282 g/mol. The first kappa shape index (κ1) is 15.1. The number of benzene rings is 3. The molecule has 0 nitrogen and oxygen atoms in total. The molecule has 110 valence electrons. The fraction of sp³-hybridized carbons (Fsp3) is 0.100. The summed E-state index contributed by atoms with van der Waals surface area (Å²) in [7, 11) is 2.51. The molecule has 3 aromatic rings. The van der Waals surface area contributed by atoms with Crippen molar-refractivity contribution in [3.05, 3.63) is 91.0 Å². The standard InChI is InChI=1S/C20H22BP/c1-2-22(21,18-12-6-3-7-13-18,19-14-8-4-9-15-19)20-16-10-5-11-17-20/h3-17H,2,21H2,1H3. The van der Waals surface area contributed by atoms with E-state index in [1.54, 1.807) is 0 Å². The zero-order valence-electron chi connectivity index (χ0n) is 13.3. The van der Waals surface area contributed by atoms with Crippen LogP contribution in [0.4, 0.5) is 0 Å². The van der Waals surface area contributed by atoms with Crippen LogP contribution in [0.3, 0.4) is 0 Å². The van der Waals surface area contributed by atoms with Crippen LogP contribution in [-0.4, -0.2) is 13.7 Å². The van der Waals surface area contributed by atoms with E-state index in [4.69, 9.17) is 0 Å². The topological polar surface area (TPSA) is 0 Å². The van der Waals surface area contributed by atoms with E-state index in [0.717, 1.165) is 6.16 Å². The molecule has 0 aliphatic rings. The quantitative estimate of drug-likeness (QED) is 0.513. The first-order valence-electron chi connectivity index (χ1n) is 7.87. The van der Waals surface area contributed by atoms with Gasteiger partial charge in [-0.1, -0.05) is 0 Å². The molecule has 0 unspecified atom stereocenters. The summed E-state index contributed by atoms with van der Waals surface area (Å²) in [6, 6.07) is 33.2. The zero-order valence-corrected chi connectivity index (χ0v) is 14.2. The maximum absolute atomic E-state index is 2.51. The molecule has 0 N–H and O–H groups in total. The first-order chi connectivity index (χ1) is 10.7. The monoisotopic (exact) mass is 304 g/mol. The van der Waals surface area contributed by atoms with Crippen LogP contribution in [0, 0.1) is 0 Å². The fourth-order valence-electron chi connectivity index (χ4n) is 3.49. The third kappa shape index (κ3) is 2.12. The van der Waals surface area contributed by atoms with Gasteiger partial charge in [0.1, 0.15) is 0 Å². The molecular formula is C20H22BP. The maximum atomic E-state index is 2.51. The SMILES string of the molecule is BP(CC)(c1ccccc1)(c1ccccc1)c1ccccc1. The van der Waals surface area contributed by atoms with Crippen molar-refractivity contribution in [2.75, 3.05) is 6.16 Å². The van der Waals surface area contributed by atoms with Crippen molar-refractivity contribution < 1.29 is 0 Å². The molecule has 0 spiro atoms. The van der Waals surface area contributed by atoms with Crippen LogP contribution in [0.15, 0.2) is 91.0 Å². The summed E-state index contributed by atoms with van der Waals surface area (Å²) < 4.78 is 0. The van der Waals surface area contributed by atoms with Gasteiger partial charge >= 0.3 is 134 Å². The average Bonchev–Trinajstić information content (AvgIpc) is 2.63.